The minimum Gasteiger partial charge on any atom is -0.309 e. The Hall–Kier alpha value is -1.66. The van der Waals surface area contributed by atoms with Gasteiger partial charge in [0.05, 0.1) is 31.0 Å². The molecule has 0 aliphatic heterocycles. The SMILES string of the molecule is CCOP(=O)(Cc1ccc(C#N)c2ccccc12)OCC. The van der Waals surface area contributed by atoms with Crippen LogP contribution >= 0.6 is 7.60 Å². The number of nitriles is 1. The molecule has 0 bridgehead atoms. The van der Waals surface area contributed by atoms with E-state index in [1.165, 1.54) is 0 Å². The second-order valence-corrected chi connectivity index (χ2v) is 6.59. The van der Waals surface area contributed by atoms with Crippen molar-refractivity contribution in [2.75, 3.05) is 13.2 Å². The van der Waals surface area contributed by atoms with Crippen molar-refractivity contribution in [1.82, 2.24) is 0 Å². The first-order chi connectivity index (χ1) is 10.1. The first-order valence-electron chi connectivity index (χ1n) is 6.92. The van der Waals surface area contributed by atoms with Gasteiger partial charge in [0.25, 0.3) is 0 Å². The predicted octanol–water partition coefficient (Wildman–Crippen LogP) is 4.48. The van der Waals surface area contributed by atoms with Gasteiger partial charge < -0.3 is 9.05 Å². The molecule has 110 valence electrons. The molecule has 0 radical (unpaired) electrons. The molecule has 0 aliphatic carbocycles. The van der Waals surface area contributed by atoms with Crippen LogP contribution in [0.5, 0.6) is 0 Å². The minimum absolute atomic E-state index is 0.209. The third kappa shape index (κ3) is 3.51. The Kier molecular flexibility index (Phi) is 5.14. The van der Waals surface area contributed by atoms with Crippen LogP contribution in [-0.2, 0) is 19.8 Å². The maximum Gasteiger partial charge on any atom is 0.335 e. The number of hydrogen-bond donors (Lipinski definition) is 0. The van der Waals surface area contributed by atoms with E-state index in [1.807, 2.05) is 30.3 Å². The fourth-order valence-corrected chi connectivity index (χ4v) is 4.06. The predicted molar refractivity (Wildman–Crippen MR) is 83.2 cm³/mol. The molecule has 0 fully saturated rings. The second-order valence-electron chi connectivity index (χ2n) is 4.53. The van der Waals surface area contributed by atoms with Crippen LogP contribution in [0.1, 0.15) is 25.0 Å². The molecule has 0 aromatic heterocycles. The lowest BCUT2D eigenvalue weighted by Crippen LogP contribution is -2.00. The van der Waals surface area contributed by atoms with Crippen LogP contribution < -0.4 is 0 Å². The van der Waals surface area contributed by atoms with Crippen LogP contribution in [0.2, 0.25) is 0 Å². The Bertz CT molecular complexity index is 711. The summed E-state index contributed by atoms with van der Waals surface area (Å²) < 4.78 is 23.4. The molecule has 0 N–H and O–H groups in total. The van der Waals surface area contributed by atoms with Crippen molar-refractivity contribution in [3.05, 3.63) is 47.5 Å². The largest absolute Gasteiger partial charge is 0.335 e. The highest BCUT2D eigenvalue weighted by Crippen LogP contribution is 2.52. The summed E-state index contributed by atoms with van der Waals surface area (Å²) in [7, 11) is -3.15. The van der Waals surface area contributed by atoms with Gasteiger partial charge in [-0.2, -0.15) is 5.26 Å². The van der Waals surface area contributed by atoms with Crippen LogP contribution in [0.25, 0.3) is 10.8 Å². The molecule has 2 aromatic carbocycles. The molecule has 0 amide bonds. The monoisotopic (exact) mass is 303 g/mol. The summed E-state index contributed by atoms with van der Waals surface area (Å²) in [5.41, 5.74) is 1.48. The Balaban J connectivity index is 2.48. The second kappa shape index (κ2) is 6.87. The molecule has 0 spiro atoms. The molecule has 2 aromatic rings. The van der Waals surface area contributed by atoms with Crippen LogP contribution in [0.4, 0.5) is 0 Å². The van der Waals surface area contributed by atoms with Gasteiger partial charge in [0.1, 0.15) is 0 Å². The van der Waals surface area contributed by atoms with Crippen molar-refractivity contribution in [3.8, 4) is 6.07 Å². The molecule has 0 heterocycles. The van der Waals surface area contributed by atoms with Gasteiger partial charge in [-0.25, -0.2) is 0 Å². The summed E-state index contributed by atoms with van der Waals surface area (Å²) in [6, 6.07) is 13.4. The molecule has 21 heavy (non-hydrogen) atoms. The fourth-order valence-electron chi connectivity index (χ4n) is 2.33. The van der Waals surface area contributed by atoms with Crippen LogP contribution in [-0.4, -0.2) is 13.2 Å². The van der Waals surface area contributed by atoms with E-state index in [9.17, 15) is 9.83 Å². The molecular weight excluding hydrogens is 285 g/mol. The highest BCUT2D eigenvalue weighted by molar-refractivity contribution is 7.53. The Morgan fingerprint density at radius 3 is 2.24 bits per heavy atom. The normalized spacial score (nSPS) is 11.5. The summed E-state index contributed by atoms with van der Waals surface area (Å²) in [5, 5.41) is 10.9. The van der Waals surface area contributed by atoms with Crippen molar-refractivity contribution in [3.63, 3.8) is 0 Å². The highest BCUT2D eigenvalue weighted by atomic mass is 31.2. The average Bonchev–Trinajstić information content (AvgIpc) is 2.48. The highest BCUT2D eigenvalue weighted by Gasteiger charge is 2.25. The fraction of sp³-hybridized carbons (Fsp3) is 0.312. The zero-order valence-corrected chi connectivity index (χ0v) is 13.1. The number of fused-ring (bicyclic) bond motifs is 1. The average molecular weight is 303 g/mol. The van der Waals surface area contributed by atoms with E-state index in [4.69, 9.17) is 9.05 Å². The lowest BCUT2D eigenvalue weighted by Gasteiger charge is -2.18. The van der Waals surface area contributed by atoms with E-state index < -0.39 is 7.60 Å². The van der Waals surface area contributed by atoms with Crippen molar-refractivity contribution in [1.29, 1.82) is 5.26 Å². The van der Waals surface area contributed by atoms with E-state index in [1.54, 1.807) is 19.9 Å². The first kappa shape index (κ1) is 15.7. The zero-order valence-electron chi connectivity index (χ0n) is 12.2. The van der Waals surface area contributed by atoms with Crippen molar-refractivity contribution >= 4 is 18.4 Å². The Labute approximate surface area is 124 Å². The number of hydrogen-bond acceptors (Lipinski definition) is 4. The molecule has 0 saturated carbocycles. The maximum absolute atomic E-state index is 12.7. The summed E-state index contributed by atoms with van der Waals surface area (Å²) >= 11 is 0. The van der Waals surface area contributed by atoms with Gasteiger partial charge in [-0.05, 0) is 36.2 Å². The molecule has 0 atom stereocenters. The zero-order chi connectivity index (χ0) is 15.3. The smallest absolute Gasteiger partial charge is 0.309 e. The van der Waals surface area contributed by atoms with Crippen molar-refractivity contribution in [2.45, 2.75) is 20.0 Å². The maximum atomic E-state index is 12.7. The molecule has 4 nitrogen and oxygen atoms in total. The van der Waals surface area contributed by atoms with Crippen molar-refractivity contribution < 1.29 is 13.6 Å². The van der Waals surface area contributed by atoms with E-state index in [0.29, 0.717) is 18.8 Å². The minimum atomic E-state index is -3.15. The Morgan fingerprint density at radius 2 is 1.67 bits per heavy atom. The summed E-state index contributed by atoms with van der Waals surface area (Å²) in [6.45, 7) is 4.27. The van der Waals surface area contributed by atoms with Crippen LogP contribution in [0, 0.1) is 11.3 Å². The van der Waals surface area contributed by atoms with Crippen molar-refractivity contribution in [2.24, 2.45) is 0 Å². The van der Waals surface area contributed by atoms with E-state index in [0.717, 1.165) is 16.3 Å². The topological polar surface area (TPSA) is 59.3 Å². The van der Waals surface area contributed by atoms with Gasteiger partial charge in [0.2, 0.25) is 0 Å². The van der Waals surface area contributed by atoms with Gasteiger partial charge in [-0.1, -0.05) is 30.3 Å². The van der Waals surface area contributed by atoms with Gasteiger partial charge >= 0.3 is 7.60 Å². The molecule has 5 heteroatoms. The van der Waals surface area contributed by atoms with Gasteiger partial charge in [-0.3, -0.25) is 4.57 Å². The third-order valence-electron chi connectivity index (χ3n) is 3.15. The lowest BCUT2D eigenvalue weighted by atomic mass is 10.0. The molecule has 0 saturated heterocycles. The third-order valence-corrected chi connectivity index (χ3v) is 5.18. The number of nitrogens with zero attached hydrogens (tertiary/aromatic N) is 1. The van der Waals surface area contributed by atoms with Gasteiger partial charge in [0.15, 0.2) is 0 Å². The van der Waals surface area contributed by atoms with E-state index in [2.05, 4.69) is 6.07 Å². The summed E-state index contributed by atoms with van der Waals surface area (Å²) in [4.78, 5) is 0. The van der Waals surface area contributed by atoms with Crippen LogP contribution in [0.15, 0.2) is 36.4 Å². The first-order valence-corrected chi connectivity index (χ1v) is 8.65. The van der Waals surface area contributed by atoms with Gasteiger partial charge in [0, 0.05) is 0 Å². The van der Waals surface area contributed by atoms with Crippen LogP contribution in [0.3, 0.4) is 0 Å². The lowest BCUT2D eigenvalue weighted by molar-refractivity contribution is 0.219. The van der Waals surface area contributed by atoms with E-state index in [-0.39, 0.29) is 6.16 Å². The Morgan fingerprint density at radius 1 is 1.05 bits per heavy atom. The van der Waals surface area contributed by atoms with Gasteiger partial charge in [-0.15, -0.1) is 0 Å². The molecule has 0 aliphatic rings. The number of benzene rings is 2. The summed E-state index contributed by atoms with van der Waals surface area (Å²) in [6.07, 6.45) is 0.209. The van der Waals surface area contributed by atoms with E-state index >= 15 is 0 Å². The molecular formula is C16H18NO3P. The molecule has 0 unspecified atom stereocenters. The standard InChI is InChI=1S/C16H18NO3P/c1-3-19-21(18,20-4-2)12-14-10-9-13(11-17)15-7-5-6-8-16(14)15/h5-10H,3-4,12H2,1-2H3. The summed E-state index contributed by atoms with van der Waals surface area (Å²) in [5.74, 6) is 0. The quantitative estimate of drug-likeness (QED) is 0.738. The number of rotatable bonds is 6. The molecule has 2 rings (SSSR count).